The van der Waals surface area contributed by atoms with Gasteiger partial charge in [0.05, 0.1) is 23.9 Å². The van der Waals surface area contributed by atoms with E-state index in [2.05, 4.69) is 6.07 Å². The average Bonchev–Trinajstić information content (AvgIpc) is 2.18. The zero-order valence-corrected chi connectivity index (χ0v) is 7.82. The van der Waals surface area contributed by atoms with Crippen LogP contribution in [-0.4, -0.2) is 13.7 Å². The Morgan fingerprint density at radius 2 is 2.00 bits per heavy atom. The lowest BCUT2D eigenvalue weighted by molar-refractivity contribution is 0.135. The number of hydroxylamine groups is 1. The molecule has 1 rings (SSSR count). The maximum atomic E-state index is 8.58. The van der Waals surface area contributed by atoms with Gasteiger partial charge >= 0.3 is 0 Å². The predicted octanol–water partition coefficient (Wildman–Crippen LogP) is 1.95. The third-order valence-corrected chi connectivity index (χ3v) is 1.68. The van der Waals surface area contributed by atoms with E-state index in [1.807, 2.05) is 26.1 Å². The van der Waals surface area contributed by atoms with Crippen LogP contribution in [0.1, 0.15) is 12.5 Å². The summed E-state index contributed by atoms with van der Waals surface area (Å²) in [5.74, 6) is 0. The molecule has 0 spiro atoms. The fourth-order valence-corrected chi connectivity index (χ4v) is 1.01. The van der Waals surface area contributed by atoms with E-state index in [0.29, 0.717) is 12.2 Å². The Morgan fingerprint density at radius 3 is 2.46 bits per heavy atom. The number of hydrogen-bond acceptors (Lipinski definition) is 3. The molecule has 0 aromatic heterocycles. The first-order valence-electron chi connectivity index (χ1n) is 4.14. The lowest BCUT2D eigenvalue weighted by Crippen LogP contribution is -2.17. The van der Waals surface area contributed by atoms with Crippen molar-refractivity contribution in [2.24, 2.45) is 0 Å². The summed E-state index contributed by atoms with van der Waals surface area (Å²) >= 11 is 0. The first-order valence-corrected chi connectivity index (χ1v) is 4.14. The number of anilines is 1. The predicted molar refractivity (Wildman–Crippen MR) is 51.2 cm³/mol. The lowest BCUT2D eigenvalue weighted by atomic mass is 10.2. The molecule has 0 unspecified atom stereocenters. The molecule has 0 atom stereocenters. The van der Waals surface area contributed by atoms with Crippen molar-refractivity contribution in [2.45, 2.75) is 6.92 Å². The average molecular weight is 176 g/mol. The summed E-state index contributed by atoms with van der Waals surface area (Å²) in [6.07, 6.45) is 0. The van der Waals surface area contributed by atoms with Crippen LogP contribution in [0, 0.1) is 11.3 Å². The van der Waals surface area contributed by atoms with E-state index in [4.69, 9.17) is 10.1 Å². The van der Waals surface area contributed by atoms with Gasteiger partial charge < -0.3 is 0 Å². The molecule has 0 saturated heterocycles. The molecule has 0 aliphatic heterocycles. The first-order chi connectivity index (χ1) is 6.27. The summed E-state index contributed by atoms with van der Waals surface area (Å²) in [4.78, 5) is 5.25. The van der Waals surface area contributed by atoms with E-state index in [1.165, 1.54) is 0 Å². The van der Waals surface area contributed by atoms with Gasteiger partial charge in [0.25, 0.3) is 0 Å². The molecule has 0 bridgehead atoms. The van der Waals surface area contributed by atoms with Crippen molar-refractivity contribution in [3.63, 3.8) is 0 Å². The van der Waals surface area contributed by atoms with Gasteiger partial charge in [0.1, 0.15) is 0 Å². The molecule has 0 fully saturated rings. The maximum Gasteiger partial charge on any atom is 0.0991 e. The first kappa shape index (κ1) is 9.56. The zero-order valence-electron chi connectivity index (χ0n) is 7.82. The fourth-order valence-electron chi connectivity index (χ4n) is 1.01. The van der Waals surface area contributed by atoms with Crippen LogP contribution in [-0.2, 0) is 4.84 Å². The molecule has 1 aromatic carbocycles. The van der Waals surface area contributed by atoms with E-state index >= 15 is 0 Å². The minimum atomic E-state index is 0.635. The van der Waals surface area contributed by atoms with Crippen molar-refractivity contribution >= 4 is 5.69 Å². The van der Waals surface area contributed by atoms with Crippen LogP contribution in [0.4, 0.5) is 5.69 Å². The Morgan fingerprint density at radius 1 is 1.38 bits per heavy atom. The fraction of sp³-hybridized carbons (Fsp3) is 0.300. The molecule has 3 nitrogen and oxygen atoms in total. The van der Waals surface area contributed by atoms with Crippen molar-refractivity contribution in [2.75, 3.05) is 18.7 Å². The Hall–Kier alpha value is -1.53. The van der Waals surface area contributed by atoms with Gasteiger partial charge in [0.15, 0.2) is 0 Å². The second-order valence-electron chi connectivity index (χ2n) is 2.57. The largest absolute Gasteiger partial charge is 0.274 e. The maximum absolute atomic E-state index is 8.58. The van der Waals surface area contributed by atoms with E-state index in [9.17, 15) is 0 Å². The molecule has 1 aromatic rings. The van der Waals surface area contributed by atoms with E-state index < -0.39 is 0 Å². The van der Waals surface area contributed by atoms with E-state index in [1.54, 1.807) is 17.2 Å². The molecule has 0 aliphatic rings. The summed E-state index contributed by atoms with van der Waals surface area (Å²) in [6, 6.07) is 9.31. The molecule has 0 heterocycles. The molecule has 68 valence electrons. The van der Waals surface area contributed by atoms with E-state index in [0.717, 1.165) is 5.69 Å². The van der Waals surface area contributed by atoms with Gasteiger partial charge in [-0.2, -0.15) is 5.26 Å². The quantitative estimate of drug-likeness (QED) is 0.660. The number of nitriles is 1. The molecular weight excluding hydrogens is 164 g/mol. The number of hydrogen-bond donors (Lipinski definition) is 0. The van der Waals surface area contributed by atoms with Gasteiger partial charge in [-0.25, -0.2) is 0 Å². The van der Waals surface area contributed by atoms with Crippen LogP contribution in [0.25, 0.3) is 0 Å². The van der Waals surface area contributed by atoms with Gasteiger partial charge in [0, 0.05) is 7.05 Å². The van der Waals surface area contributed by atoms with Gasteiger partial charge in [-0.15, -0.1) is 0 Å². The molecule has 0 amide bonds. The van der Waals surface area contributed by atoms with Crippen LogP contribution in [0.2, 0.25) is 0 Å². The third-order valence-electron chi connectivity index (χ3n) is 1.68. The van der Waals surface area contributed by atoms with Crippen molar-refractivity contribution < 1.29 is 4.84 Å². The highest BCUT2D eigenvalue weighted by atomic mass is 16.7. The van der Waals surface area contributed by atoms with Gasteiger partial charge in [-0.05, 0) is 31.2 Å². The van der Waals surface area contributed by atoms with Crippen LogP contribution in [0.5, 0.6) is 0 Å². The summed E-state index contributed by atoms with van der Waals surface area (Å²) in [7, 11) is 1.84. The Kier molecular flexibility index (Phi) is 3.30. The zero-order chi connectivity index (χ0) is 9.68. The highest BCUT2D eigenvalue weighted by molar-refractivity contribution is 5.47. The minimum Gasteiger partial charge on any atom is -0.274 e. The summed E-state index contributed by atoms with van der Waals surface area (Å²) < 4.78 is 0. The van der Waals surface area contributed by atoms with Crippen LogP contribution in [0.15, 0.2) is 24.3 Å². The topological polar surface area (TPSA) is 36.3 Å². The normalized spacial score (nSPS) is 9.31. The third kappa shape index (κ3) is 2.46. The standard InChI is InChI=1S/C10H12N2O/c1-3-13-12(2)10-6-4-9(8-11)5-7-10/h4-7H,3H2,1-2H3. The lowest BCUT2D eigenvalue weighted by Gasteiger charge is -2.17. The van der Waals surface area contributed by atoms with Gasteiger partial charge in [-0.3, -0.25) is 9.90 Å². The highest BCUT2D eigenvalue weighted by Crippen LogP contribution is 2.13. The SMILES string of the molecule is CCON(C)c1ccc(C#N)cc1. The summed E-state index contributed by atoms with van der Waals surface area (Å²) in [5, 5.41) is 10.3. The molecule has 0 saturated carbocycles. The molecular formula is C10H12N2O. The Balaban J connectivity index is 2.75. The van der Waals surface area contributed by atoms with Crippen LogP contribution >= 0.6 is 0 Å². The second kappa shape index (κ2) is 4.48. The molecule has 3 heteroatoms. The Bertz CT molecular complexity index is 300. The van der Waals surface area contributed by atoms with Gasteiger partial charge in [0.2, 0.25) is 0 Å². The molecule has 13 heavy (non-hydrogen) atoms. The van der Waals surface area contributed by atoms with Gasteiger partial charge in [-0.1, -0.05) is 0 Å². The monoisotopic (exact) mass is 176 g/mol. The number of rotatable bonds is 3. The number of benzene rings is 1. The van der Waals surface area contributed by atoms with Crippen molar-refractivity contribution in [1.29, 1.82) is 5.26 Å². The summed E-state index contributed by atoms with van der Waals surface area (Å²) in [5.41, 5.74) is 1.61. The molecule has 0 N–H and O–H groups in total. The van der Waals surface area contributed by atoms with Crippen molar-refractivity contribution in [3.05, 3.63) is 29.8 Å². The molecule has 0 aliphatic carbocycles. The highest BCUT2D eigenvalue weighted by Gasteiger charge is 1.98. The number of nitrogens with zero attached hydrogens (tertiary/aromatic N) is 2. The van der Waals surface area contributed by atoms with Crippen LogP contribution in [0.3, 0.4) is 0 Å². The van der Waals surface area contributed by atoms with Crippen LogP contribution < -0.4 is 5.06 Å². The smallest absolute Gasteiger partial charge is 0.0991 e. The second-order valence-corrected chi connectivity index (χ2v) is 2.57. The van der Waals surface area contributed by atoms with Crippen molar-refractivity contribution in [3.8, 4) is 6.07 Å². The molecule has 0 radical (unpaired) electrons. The minimum absolute atomic E-state index is 0.635. The summed E-state index contributed by atoms with van der Waals surface area (Å²) in [6.45, 7) is 2.57. The Labute approximate surface area is 78.1 Å². The van der Waals surface area contributed by atoms with Crippen molar-refractivity contribution in [1.82, 2.24) is 0 Å². The van der Waals surface area contributed by atoms with E-state index in [-0.39, 0.29) is 0 Å².